The van der Waals surface area contributed by atoms with Gasteiger partial charge in [-0.1, -0.05) is 24.8 Å². The molecule has 0 radical (unpaired) electrons. The van der Waals surface area contributed by atoms with E-state index in [1.54, 1.807) is 29.2 Å². The van der Waals surface area contributed by atoms with Gasteiger partial charge < -0.3 is 10.2 Å². The van der Waals surface area contributed by atoms with Crippen LogP contribution in [0, 0.1) is 5.41 Å². The zero-order valence-electron chi connectivity index (χ0n) is 11.6. The highest BCUT2D eigenvalue weighted by molar-refractivity contribution is 5.96. The first-order valence-electron chi connectivity index (χ1n) is 6.85. The molecule has 0 bridgehead atoms. The summed E-state index contributed by atoms with van der Waals surface area (Å²) in [4.78, 5) is 26.1. The van der Waals surface area contributed by atoms with E-state index in [0.29, 0.717) is 37.5 Å². The lowest BCUT2D eigenvalue weighted by atomic mass is 9.85. The van der Waals surface area contributed by atoms with Gasteiger partial charge in [-0.15, -0.1) is 0 Å². The van der Waals surface area contributed by atoms with Gasteiger partial charge in [-0.25, -0.2) is 0 Å². The fraction of sp³-hybridized carbons (Fsp3) is 0.333. The molecule has 98 valence electrons. The molecule has 2 fully saturated rings. The fourth-order valence-electron chi connectivity index (χ4n) is 2.91. The van der Waals surface area contributed by atoms with Crippen molar-refractivity contribution in [3.8, 4) is 0 Å². The fourth-order valence-corrected chi connectivity index (χ4v) is 2.91. The Labute approximate surface area is 113 Å². The SMILES string of the molecule is [3H]c1cccc(C(=O)N2CCC3(CC(=C)NC3=O)C2)c1. The molecular weight excluding hydrogens is 240 g/mol. The van der Waals surface area contributed by atoms with Crippen LogP contribution in [0.1, 0.15) is 24.6 Å². The van der Waals surface area contributed by atoms with Crippen molar-refractivity contribution in [2.24, 2.45) is 5.41 Å². The van der Waals surface area contributed by atoms with Gasteiger partial charge in [0.2, 0.25) is 5.91 Å². The molecule has 1 aromatic carbocycles. The number of allylic oxidation sites excluding steroid dienone is 1. The second kappa shape index (κ2) is 4.23. The van der Waals surface area contributed by atoms with Gasteiger partial charge in [0.05, 0.1) is 6.79 Å². The second-order valence-electron chi connectivity index (χ2n) is 5.28. The lowest BCUT2D eigenvalue weighted by Crippen LogP contribution is -2.36. The largest absolute Gasteiger partial charge is 0.338 e. The highest BCUT2D eigenvalue weighted by Gasteiger charge is 2.49. The first kappa shape index (κ1) is 10.8. The molecule has 3 rings (SSSR count). The summed E-state index contributed by atoms with van der Waals surface area (Å²) in [6, 6.07) is 6.92. The van der Waals surface area contributed by atoms with Crippen LogP contribution in [-0.4, -0.2) is 29.8 Å². The number of likely N-dealkylation sites (tertiary alicyclic amines) is 1. The molecule has 2 amide bonds. The minimum Gasteiger partial charge on any atom is -0.338 e. The van der Waals surface area contributed by atoms with Crippen LogP contribution in [-0.2, 0) is 4.79 Å². The zero-order valence-corrected chi connectivity index (χ0v) is 10.6. The summed E-state index contributed by atoms with van der Waals surface area (Å²) < 4.78 is 7.57. The first-order valence-corrected chi connectivity index (χ1v) is 6.35. The lowest BCUT2D eigenvalue weighted by Gasteiger charge is -2.20. The average Bonchev–Trinajstić information content (AvgIpc) is 2.94. The van der Waals surface area contributed by atoms with Crippen molar-refractivity contribution in [2.75, 3.05) is 13.1 Å². The van der Waals surface area contributed by atoms with Gasteiger partial charge in [-0.3, -0.25) is 9.59 Å². The van der Waals surface area contributed by atoms with E-state index in [1.807, 2.05) is 0 Å². The summed E-state index contributed by atoms with van der Waals surface area (Å²) in [5, 5.41) is 2.76. The van der Waals surface area contributed by atoms with E-state index >= 15 is 0 Å². The van der Waals surface area contributed by atoms with Crippen molar-refractivity contribution in [1.82, 2.24) is 10.2 Å². The number of carbonyl (C=O) groups excluding carboxylic acids is 2. The van der Waals surface area contributed by atoms with Gasteiger partial charge >= 0.3 is 0 Å². The summed E-state index contributed by atoms with van der Waals surface area (Å²) in [7, 11) is 0. The number of hydrogen-bond acceptors (Lipinski definition) is 2. The molecule has 19 heavy (non-hydrogen) atoms. The van der Waals surface area contributed by atoms with E-state index in [-0.39, 0.29) is 11.8 Å². The van der Waals surface area contributed by atoms with Crippen molar-refractivity contribution >= 4 is 11.8 Å². The molecule has 1 spiro atoms. The standard InChI is InChI=1S/C15H16N2O2/c1-11-9-15(14(19)16-11)7-8-17(10-15)13(18)12-5-3-2-4-6-12/h2-6H,1,7-10H2,(H,16,19)/i3T. The number of carbonyl (C=O) groups is 2. The molecule has 2 saturated heterocycles. The van der Waals surface area contributed by atoms with E-state index in [4.69, 9.17) is 1.37 Å². The minimum atomic E-state index is -0.495. The van der Waals surface area contributed by atoms with Crippen LogP contribution in [0.15, 0.2) is 42.6 Å². The number of rotatable bonds is 1. The Morgan fingerprint density at radius 3 is 3.00 bits per heavy atom. The molecule has 1 atom stereocenters. The predicted octanol–water partition coefficient (Wildman–Crippen LogP) is 1.55. The third-order valence-corrected chi connectivity index (χ3v) is 3.92. The Morgan fingerprint density at radius 1 is 1.47 bits per heavy atom. The topological polar surface area (TPSA) is 49.4 Å². The average molecular weight is 258 g/mol. The quantitative estimate of drug-likeness (QED) is 0.831. The van der Waals surface area contributed by atoms with Crippen LogP contribution in [0.4, 0.5) is 0 Å². The van der Waals surface area contributed by atoms with E-state index < -0.39 is 5.41 Å². The number of nitrogens with zero attached hydrogens (tertiary/aromatic N) is 1. The van der Waals surface area contributed by atoms with Crippen LogP contribution >= 0.6 is 0 Å². The molecule has 0 aromatic heterocycles. The summed E-state index contributed by atoms with van der Waals surface area (Å²) in [5.74, 6) is -0.131. The van der Waals surface area contributed by atoms with E-state index in [0.717, 1.165) is 5.70 Å². The third kappa shape index (κ3) is 1.93. The Bertz CT molecular complexity index is 614. The Balaban J connectivity index is 1.79. The van der Waals surface area contributed by atoms with Crippen LogP contribution in [0.2, 0.25) is 0 Å². The van der Waals surface area contributed by atoms with E-state index in [1.165, 1.54) is 0 Å². The Hall–Kier alpha value is -2.10. The number of hydrogen-bond donors (Lipinski definition) is 1. The van der Waals surface area contributed by atoms with Gasteiger partial charge in [0.15, 0.2) is 0 Å². The van der Waals surface area contributed by atoms with Gasteiger partial charge in [-0.05, 0) is 18.6 Å². The molecule has 1 unspecified atom stereocenters. The summed E-state index contributed by atoms with van der Waals surface area (Å²) in [5.41, 5.74) is 0.745. The Morgan fingerprint density at radius 2 is 2.32 bits per heavy atom. The number of benzene rings is 1. The van der Waals surface area contributed by atoms with Gasteiger partial charge in [0.1, 0.15) is 0 Å². The number of nitrogens with one attached hydrogen (secondary N) is 1. The third-order valence-electron chi connectivity index (χ3n) is 3.92. The van der Waals surface area contributed by atoms with Crippen LogP contribution in [0.5, 0.6) is 0 Å². The van der Waals surface area contributed by atoms with Crippen molar-refractivity contribution in [3.05, 3.63) is 48.1 Å². The maximum absolute atomic E-state index is 12.4. The molecule has 0 saturated carbocycles. The zero-order chi connectivity index (χ0) is 14.3. The maximum atomic E-state index is 12.4. The van der Waals surface area contributed by atoms with Gasteiger partial charge in [-0.2, -0.15) is 0 Å². The maximum Gasteiger partial charge on any atom is 0.253 e. The molecule has 1 N–H and O–H groups in total. The first-order chi connectivity index (χ1) is 9.50. The second-order valence-corrected chi connectivity index (χ2v) is 5.28. The summed E-state index contributed by atoms with van der Waals surface area (Å²) in [6.45, 7) is 4.80. The van der Waals surface area contributed by atoms with Crippen molar-refractivity contribution in [3.63, 3.8) is 0 Å². The molecule has 2 aliphatic heterocycles. The number of amides is 2. The van der Waals surface area contributed by atoms with Gasteiger partial charge in [0, 0.05) is 30.8 Å². The van der Waals surface area contributed by atoms with Gasteiger partial charge in [0.25, 0.3) is 5.91 Å². The molecule has 0 aliphatic carbocycles. The molecule has 1 aromatic rings. The highest BCUT2D eigenvalue weighted by Crippen LogP contribution is 2.40. The normalized spacial score (nSPS) is 26.7. The van der Waals surface area contributed by atoms with E-state index in [2.05, 4.69) is 11.9 Å². The monoisotopic (exact) mass is 258 g/mol. The molecule has 4 heteroatoms. The predicted molar refractivity (Wildman–Crippen MR) is 71.3 cm³/mol. The summed E-state index contributed by atoms with van der Waals surface area (Å²) in [6.07, 6.45) is 1.28. The van der Waals surface area contributed by atoms with Crippen molar-refractivity contribution in [1.29, 1.82) is 0 Å². The van der Waals surface area contributed by atoms with Crippen LogP contribution in [0.3, 0.4) is 0 Å². The van der Waals surface area contributed by atoms with Crippen LogP contribution in [0.25, 0.3) is 0 Å². The highest BCUT2D eigenvalue weighted by atomic mass is 16.2. The molecule has 2 aliphatic rings. The van der Waals surface area contributed by atoms with Crippen molar-refractivity contribution in [2.45, 2.75) is 12.8 Å². The molecular formula is C15H16N2O2. The van der Waals surface area contributed by atoms with Crippen molar-refractivity contribution < 1.29 is 11.0 Å². The summed E-state index contributed by atoms with van der Waals surface area (Å²) >= 11 is 0. The molecule has 2 heterocycles. The lowest BCUT2D eigenvalue weighted by molar-refractivity contribution is -0.126. The smallest absolute Gasteiger partial charge is 0.253 e. The minimum absolute atomic E-state index is 0.0213. The van der Waals surface area contributed by atoms with E-state index in [9.17, 15) is 9.59 Å². The molecule has 4 nitrogen and oxygen atoms in total. The van der Waals surface area contributed by atoms with Crippen LogP contribution < -0.4 is 5.32 Å². The Kier molecular flexibility index (Phi) is 2.40.